The third-order valence-electron chi connectivity index (χ3n) is 2.84. The van der Waals surface area contributed by atoms with E-state index in [1.54, 1.807) is 6.07 Å². The third kappa shape index (κ3) is 2.07. The highest BCUT2D eigenvalue weighted by molar-refractivity contribution is 6.09. The van der Waals surface area contributed by atoms with Gasteiger partial charge < -0.3 is 4.42 Å². The molecule has 0 radical (unpaired) electrons. The molecule has 0 saturated heterocycles. The molecule has 2 aromatic carbocycles. The van der Waals surface area contributed by atoms with Gasteiger partial charge in [0.25, 0.3) is 0 Å². The van der Waals surface area contributed by atoms with Gasteiger partial charge in [0.05, 0.1) is 0 Å². The molecular weight excluding hydrogens is 269 g/mol. The first-order valence-electron chi connectivity index (χ1n) is 5.73. The number of furan rings is 1. The molecule has 0 saturated carbocycles. The van der Waals surface area contributed by atoms with Crippen molar-refractivity contribution in [3.05, 3.63) is 71.2 Å². The molecular formula is C15H7F3O2. The fourth-order valence-corrected chi connectivity index (χ4v) is 1.97. The number of ketones is 1. The first-order valence-corrected chi connectivity index (χ1v) is 5.73. The molecule has 5 heteroatoms. The van der Waals surface area contributed by atoms with Crippen molar-refractivity contribution >= 4 is 16.8 Å². The van der Waals surface area contributed by atoms with Crippen LogP contribution >= 0.6 is 0 Å². The number of fused-ring (bicyclic) bond motifs is 1. The Morgan fingerprint density at radius 3 is 2.30 bits per heavy atom. The minimum Gasteiger partial charge on any atom is -0.449 e. The largest absolute Gasteiger partial charge is 0.449 e. The van der Waals surface area contributed by atoms with E-state index in [0.29, 0.717) is 11.5 Å². The summed E-state index contributed by atoms with van der Waals surface area (Å²) in [6.07, 6.45) is 0. The Morgan fingerprint density at radius 2 is 1.65 bits per heavy atom. The van der Waals surface area contributed by atoms with Crippen molar-refractivity contribution in [2.24, 2.45) is 0 Å². The maximum absolute atomic E-state index is 13.5. The average Bonchev–Trinajstić information content (AvgIpc) is 2.82. The topological polar surface area (TPSA) is 30.2 Å². The second-order valence-electron chi connectivity index (χ2n) is 4.26. The molecule has 0 amide bonds. The van der Waals surface area contributed by atoms with Crippen LogP contribution in [0.1, 0.15) is 16.1 Å². The highest BCUT2D eigenvalue weighted by atomic mass is 19.1. The molecule has 3 rings (SSSR count). The molecule has 0 aliphatic rings. The molecule has 0 bridgehead atoms. The van der Waals surface area contributed by atoms with Crippen LogP contribution in [0.3, 0.4) is 0 Å². The molecule has 0 N–H and O–H groups in total. The zero-order chi connectivity index (χ0) is 14.3. The lowest BCUT2D eigenvalue weighted by atomic mass is 10.1. The summed E-state index contributed by atoms with van der Waals surface area (Å²) in [4.78, 5) is 12.1. The van der Waals surface area contributed by atoms with Crippen molar-refractivity contribution in [2.75, 3.05) is 0 Å². The maximum atomic E-state index is 13.5. The van der Waals surface area contributed by atoms with Crippen LogP contribution in [0.15, 0.2) is 46.9 Å². The Bertz CT molecular complexity index is 801. The highest BCUT2D eigenvalue weighted by Gasteiger charge is 2.17. The van der Waals surface area contributed by atoms with Crippen molar-refractivity contribution < 1.29 is 22.4 Å². The van der Waals surface area contributed by atoms with Crippen molar-refractivity contribution in [1.82, 2.24) is 0 Å². The smallest absolute Gasteiger partial charge is 0.228 e. The molecule has 0 spiro atoms. The molecule has 0 atom stereocenters. The number of benzene rings is 2. The van der Waals surface area contributed by atoms with Gasteiger partial charge in [-0.25, -0.2) is 13.2 Å². The summed E-state index contributed by atoms with van der Waals surface area (Å²) in [6, 6.07) is 8.04. The van der Waals surface area contributed by atoms with Gasteiger partial charge in [-0.2, -0.15) is 0 Å². The fourth-order valence-electron chi connectivity index (χ4n) is 1.97. The van der Waals surface area contributed by atoms with Crippen LogP contribution in [-0.4, -0.2) is 5.78 Å². The normalized spacial score (nSPS) is 10.9. The van der Waals surface area contributed by atoms with Gasteiger partial charge in [0.2, 0.25) is 5.78 Å². The monoisotopic (exact) mass is 276 g/mol. The van der Waals surface area contributed by atoms with Gasteiger partial charge in [0, 0.05) is 17.0 Å². The van der Waals surface area contributed by atoms with E-state index in [9.17, 15) is 18.0 Å². The first kappa shape index (κ1) is 12.5. The van der Waals surface area contributed by atoms with Crippen LogP contribution in [0.4, 0.5) is 13.2 Å². The molecule has 100 valence electrons. The molecule has 0 aliphatic carbocycles. The number of carbonyl (C=O) groups is 1. The Kier molecular flexibility index (Phi) is 2.82. The SMILES string of the molecule is O=C(c1cc(F)cc(F)c1)c1cc2cccc(F)c2o1. The lowest BCUT2D eigenvalue weighted by molar-refractivity contribution is 0.101. The zero-order valence-corrected chi connectivity index (χ0v) is 9.99. The van der Waals surface area contributed by atoms with E-state index < -0.39 is 23.2 Å². The van der Waals surface area contributed by atoms with Gasteiger partial charge in [0.15, 0.2) is 17.2 Å². The van der Waals surface area contributed by atoms with E-state index in [1.165, 1.54) is 18.2 Å². The number of rotatable bonds is 2. The van der Waals surface area contributed by atoms with Crippen LogP contribution in [0.25, 0.3) is 11.0 Å². The lowest BCUT2D eigenvalue weighted by Gasteiger charge is -1.98. The number of para-hydroxylation sites is 1. The van der Waals surface area contributed by atoms with E-state index in [4.69, 9.17) is 4.42 Å². The summed E-state index contributed by atoms with van der Waals surface area (Å²) in [5, 5.41) is 0.408. The second kappa shape index (κ2) is 4.52. The number of hydrogen-bond acceptors (Lipinski definition) is 2. The Balaban J connectivity index is 2.10. The Hall–Kier alpha value is -2.56. The van der Waals surface area contributed by atoms with Crippen molar-refractivity contribution in [3.63, 3.8) is 0 Å². The summed E-state index contributed by atoms with van der Waals surface area (Å²) in [6.45, 7) is 0. The lowest BCUT2D eigenvalue weighted by Crippen LogP contribution is -2.01. The Labute approximate surface area is 111 Å². The van der Waals surface area contributed by atoms with Gasteiger partial charge in [-0.15, -0.1) is 0 Å². The summed E-state index contributed by atoms with van der Waals surface area (Å²) in [5.41, 5.74) is -0.255. The summed E-state index contributed by atoms with van der Waals surface area (Å²) >= 11 is 0. The predicted octanol–water partition coefficient (Wildman–Crippen LogP) is 4.08. The standard InChI is InChI=1S/C15H7F3O2/c16-10-4-9(5-11(17)7-10)14(19)13-6-8-2-1-3-12(18)15(8)20-13/h1-7H. The minimum atomic E-state index is -0.865. The number of hydrogen-bond donors (Lipinski definition) is 0. The molecule has 3 aromatic rings. The molecule has 20 heavy (non-hydrogen) atoms. The average molecular weight is 276 g/mol. The van der Waals surface area contributed by atoms with E-state index in [2.05, 4.69) is 0 Å². The van der Waals surface area contributed by atoms with Gasteiger partial charge in [0.1, 0.15) is 11.6 Å². The summed E-state index contributed by atoms with van der Waals surface area (Å²) < 4.78 is 44.8. The molecule has 1 aromatic heterocycles. The van der Waals surface area contributed by atoms with E-state index in [1.807, 2.05) is 0 Å². The van der Waals surface area contributed by atoms with Crippen LogP contribution < -0.4 is 0 Å². The molecule has 0 aliphatic heterocycles. The van der Waals surface area contributed by atoms with Crippen LogP contribution in [0.2, 0.25) is 0 Å². The fraction of sp³-hybridized carbons (Fsp3) is 0. The van der Waals surface area contributed by atoms with Crippen LogP contribution in [-0.2, 0) is 0 Å². The molecule has 0 fully saturated rings. The molecule has 2 nitrogen and oxygen atoms in total. The molecule has 1 heterocycles. The molecule has 0 unspecified atom stereocenters. The van der Waals surface area contributed by atoms with Crippen molar-refractivity contribution in [1.29, 1.82) is 0 Å². The van der Waals surface area contributed by atoms with Gasteiger partial charge >= 0.3 is 0 Å². The quantitative estimate of drug-likeness (QED) is 0.660. The van der Waals surface area contributed by atoms with E-state index >= 15 is 0 Å². The van der Waals surface area contributed by atoms with E-state index in [-0.39, 0.29) is 16.9 Å². The van der Waals surface area contributed by atoms with Crippen molar-refractivity contribution in [2.45, 2.75) is 0 Å². The minimum absolute atomic E-state index is 0.0623. The van der Waals surface area contributed by atoms with Gasteiger partial charge in [-0.3, -0.25) is 4.79 Å². The summed E-state index contributed by atoms with van der Waals surface area (Å²) in [7, 11) is 0. The highest BCUT2D eigenvalue weighted by Crippen LogP contribution is 2.24. The van der Waals surface area contributed by atoms with E-state index in [0.717, 1.165) is 12.1 Å². The van der Waals surface area contributed by atoms with Gasteiger partial charge in [-0.1, -0.05) is 12.1 Å². The maximum Gasteiger partial charge on any atom is 0.228 e. The van der Waals surface area contributed by atoms with Crippen LogP contribution in [0.5, 0.6) is 0 Å². The first-order chi connectivity index (χ1) is 9.54. The Morgan fingerprint density at radius 1 is 0.950 bits per heavy atom. The van der Waals surface area contributed by atoms with Gasteiger partial charge in [-0.05, 0) is 24.3 Å². The predicted molar refractivity (Wildman–Crippen MR) is 66.0 cm³/mol. The van der Waals surface area contributed by atoms with Crippen molar-refractivity contribution in [3.8, 4) is 0 Å². The number of carbonyl (C=O) groups excluding carboxylic acids is 1. The summed E-state index contributed by atoms with van der Waals surface area (Å²) in [5.74, 6) is -3.22. The third-order valence-corrected chi connectivity index (χ3v) is 2.84. The number of halogens is 3. The second-order valence-corrected chi connectivity index (χ2v) is 4.26. The zero-order valence-electron chi connectivity index (χ0n) is 9.99. The van der Waals surface area contributed by atoms with Crippen LogP contribution in [0, 0.1) is 17.5 Å².